The van der Waals surface area contributed by atoms with Crippen molar-refractivity contribution < 1.29 is 14.6 Å². The minimum atomic E-state index is -0.535. The van der Waals surface area contributed by atoms with Crippen molar-refractivity contribution in [1.82, 2.24) is 5.32 Å². The van der Waals surface area contributed by atoms with E-state index in [2.05, 4.69) is 5.32 Å². The molecule has 0 heterocycles. The smallest absolute Gasteiger partial charge is 0.217 e. The van der Waals surface area contributed by atoms with Gasteiger partial charge in [-0.15, -0.1) is 0 Å². The predicted octanol–water partition coefficient (Wildman–Crippen LogP) is 0.842. The molecule has 5 nitrogen and oxygen atoms in total. The number of hydrogen-bond donors (Lipinski definition) is 3. The summed E-state index contributed by atoms with van der Waals surface area (Å²) in [4.78, 5) is 10.7. The van der Waals surface area contributed by atoms with E-state index in [4.69, 9.17) is 10.5 Å². The van der Waals surface area contributed by atoms with Gasteiger partial charge in [-0.25, -0.2) is 0 Å². The van der Waals surface area contributed by atoms with E-state index in [0.717, 1.165) is 5.56 Å². The third-order valence-electron chi connectivity index (χ3n) is 2.79. The van der Waals surface area contributed by atoms with E-state index in [1.165, 1.54) is 0 Å². The fraction of sp³-hybridized carbons (Fsp3) is 0.533. The van der Waals surface area contributed by atoms with Crippen LogP contribution in [0.25, 0.3) is 0 Å². The molecular formula is C15H24N2O3. The highest BCUT2D eigenvalue weighted by molar-refractivity contribution is 5.74. The van der Waals surface area contributed by atoms with Gasteiger partial charge in [-0.05, 0) is 24.1 Å². The van der Waals surface area contributed by atoms with Crippen molar-refractivity contribution in [2.45, 2.75) is 38.8 Å². The van der Waals surface area contributed by atoms with E-state index in [-0.39, 0.29) is 12.5 Å². The van der Waals surface area contributed by atoms with E-state index < -0.39 is 6.10 Å². The van der Waals surface area contributed by atoms with Gasteiger partial charge in [0.15, 0.2) is 0 Å². The van der Waals surface area contributed by atoms with E-state index >= 15 is 0 Å². The summed E-state index contributed by atoms with van der Waals surface area (Å²) in [6, 6.07) is 7.81. The van der Waals surface area contributed by atoms with Crippen LogP contribution in [0.15, 0.2) is 24.3 Å². The Morgan fingerprint density at radius 1 is 1.35 bits per heavy atom. The molecule has 0 saturated heterocycles. The molecule has 0 saturated carbocycles. The summed E-state index contributed by atoms with van der Waals surface area (Å²) in [6.07, 6.45) is 0.447. The van der Waals surface area contributed by atoms with Crippen LogP contribution >= 0.6 is 0 Å². The Labute approximate surface area is 120 Å². The highest BCUT2D eigenvalue weighted by Gasteiger charge is 2.06. The summed E-state index contributed by atoms with van der Waals surface area (Å²) < 4.78 is 5.50. The largest absolute Gasteiger partial charge is 0.491 e. The van der Waals surface area contributed by atoms with E-state index in [9.17, 15) is 9.90 Å². The van der Waals surface area contributed by atoms with E-state index in [0.29, 0.717) is 31.2 Å². The Kier molecular flexibility index (Phi) is 7.04. The van der Waals surface area contributed by atoms with Gasteiger partial charge < -0.3 is 20.9 Å². The van der Waals surface area contributed by atoms with Crippen molar-refractivity contribution in [3.05, 3.63) is 29.8 Å². The van der Waals surface area contributed by atoms with Crippen LogP contribution in [-0.2, 0) is 11.2 Å². The molecule has 0 bridgehead atoms. The number of hydrogen-bond acceptors (Lipinski definition) is 4. The molecule has 0 aliphatic rings. The Morgan fingerprint density at radius 2 is 2.00 bits per heavy atom. The van der Waals surface area contributed by atoms with Gasteiger partial charge in [-0.3, -0.25) is 4.79 Å². The van der Waals surface area contributed by atoms with Gasteiger partial charge in [0.05, 0.1) is 0 Å². The second-order valence-corrected chi connectivity index (χ2v) is 5.14. The van der Waals surface area contributed by atoms with Crippen LogP contribution in [0.4, 0.5) is 0 Å². The molecule has 1 amide bonds. The molecule has 0 aliphatic carbocycles. The number of nitrogens with two attached hydrogens (primary N) is 1. The zero-order valence-electron chi connectivity index (χ0n) is 12.1. The number of benzene rings is 1. The van der Waals surface area contributed by atoms with Crippen LogP contribution in [0.5, 0.6) is 5.75 Å². The molecule has 4 N–H and O–H groups in total. The average Bonchev–Trinajstić information content (AvgIpc) is 2.41. The van der Waals surface area contributed by atoms with Crippen LogP contribution < -0.4 is 15.8 Å². The molecule has 0 aliphatic heterocycles. The number of carbonyl (C=O) groups is 1. The lowest BCUT2D eigenvalue weighted by Crippen LogP contribution is -2.35. The number of nitrogens with one attached hydrogen (secondary N) is 1. The molecule has 1 rings (SSSR count). The van der Waals surface area contributed by atoms with Crippen molar-refractivity contribution >= 4 is 5.91 Å². The summed E-state index contributed by atoms with van der Waals surface area (Å²) in [5, 5.41) is 12.9. The summed E-state index contributed by atoms with van der Waals surface area (Å²) in [5.41, 5.74) is 6.14. The van der Waals surface area contributed by atoms with Crippen LogP contribution in [0, 0.1) is 0 Å². The molecule has 1 atom stereocenters. The first-order chi connectivity index (χ1) is 9.47. The topological polar surface area (TPSA) is 84.6 Å². The standard InChI is InChI=1S/C15H24N2O3/c1-11(2)17-9-13(18)10-20-14-6-3-12(4-7-14)5-8-15(16)19/h3-4,6-7,11,13,17-18H,5,8-10H2,1-2H3,(H2,16,19)/t13-/m1/s1. The lowest BCUT2D eigenvalue weighted by molar-refractivity contribution is -0.117. The highest BCUT2D eigenvalue weighted by Crippen LogP contribution is 2.13. The second kappa shape index (κ2) is 8.55. The molecule has 0 spiro atoms. The third kappa shape index (κ3) is 7.11. The molecule has 5 heteroatoms. The van der Waals surface area contributed by atoms with E-state index in [1.54, 1.807) is 0 Å². The zero-order valence-corrected chi connectivity index (χ0v) is 12.1. The number of ether oxygens (including phenoxy) is 1. The van der Waals surface area contributed by atoms with Crippen molar-refractivity contribution in [2.75, 3.05) is 13.2 Å². The number of aliphatic hydroxyl groups excluding tert-OH is 1. The average molecular weight is 280 g/mol. The number of aryl methyl sites for hydroxylation is 1. The van der Waals surface area contributed by atoms with Crippen LogP contribution in [0.2, 0.25) is 0 Å². The molecule has 112 valence electrons. The van der Waals surface area contributed by atoms with Crippen LogP contribution in [0.1, 0.15) is 25.8 Å². The fourth-order valence-corrected chi connectivity index (χ4v) is 1.64. The fourth-order valence-electron chi connectivity index (χ4n) is 1.64. The van der Waals surface area contributed by atoms with Gasteiger partial charge >= 0.3 is 0 Å². The molecule has 0 unspecified atom stereocenters. The van der Waals surface area contributed by atoms with Crippen molar-refractivity contribution in [3.8, 4) is 5.75 Å². The summed E-state index contributed by atoms with van der Waals surface area (Å²) >= 11 is 0. The SMILES string of the molecule is CC(C)NC[C@@H](O)COc1ccc(CCC(N)=O)cc1. The minimum Gasteiger partial charge on any atom is -0.491 e. The Morgan fingerprint density at radius 3 is 2.55 bits per heavy atom. The first kappa shape index (κ1) is 16.5. The first-order valence-electron chi connectivity index (χ1n) is 6.89. The van der Waals surface area contributed by atoms with Crippen molar-refractivity contribution in [2.24, 2.45) is 5.73 Å². The van der Waals surface area contributed by atoms with E-state index in [1.807, 2.05) is 38.1 Å². The van der Waals surface area contributed by atoms with Crippen LogP contribution in [0.3, 0.4) is 0 Å². The Hall–Kier alpha value is -1.59. The number of rotatable bonds is 9. The predicted molar refractivity (Wildman–Crippen MR) is 78.6 cm³/mol. The lowest BCUT2D eigenvalue weighted by Gasteiger charge is -2.15. The van der Waals surface area contributed by atoms with Gasteiger partial charge in [0.1, 0.15) is 18.5 Å². The Balaban J connectivity index is 2.32. The maximum absolute atomic E-state index is 10.7. The van der Waals surface area contributed by atoms with Gasteiger partial charge in [0, 0.05) is 19.0 Å². The van der Waals surface area contributed by atoms with Crippen LogP contribution in [-0.4, -0.2) is 36.3 Å². The third-order valence-corrected chi connectivity index (χ3v) is 2.79. The van der Waals surface area contributed by atoms with Crippen molar-refractivity contribution in [1.29, 1.82) is 0 Å². The summed E-state index contributed by atoms with van der Waals surface area (Å²) in [7, 11) is 0. The summed E-state index contributed by atoms with van der Waals surface area (Å²) in [5.74, 6) is 0.405. The molecule has 20 heavy (non-hydrogen) atoms. The van der Waals surface area contributed by atoms with Gasteiger partial charge in [-0.1, -0.05) is 26.0 Å². The highest BCUT2D eigenvalue weighted by atomic mass is 16.5. The maximum atomic E-state index is 10.7. The number of aliphatic hydroxyl groups is 1. The number of carbonyl (C=O) groups excluding carboxylic acids is 1. The quantitative estimate of drug-likeness (QED) is 0.626. The van der Waals surface area contributed by atoms with Crippen molar-refractivity contribution in [3.63, 3.8) is 0 Å². The molecule has 0 fully saturated rings. The molecule has 1 aromatic carbocycles. The normalized spacial score (nSPS) is 12.4. The first-order valence-corrected chi connectivity index (χ1v) is 6.89. The van der Waals surface area contributed by atoms with Gasteiger partial charge in [0.2, 0.25) is 5.91 Å². The molecule has 1 aromatic rings. The molecule has 0 aromatic heterocycles. The van der Waals surface area contributed by atoms with Gasteiger partial charge in [-0.2, -0.15) is 0 Å². The molecular weight excluding hydrogens is 256 g/mol. The Bertz CT molecular complexity index is 404. The number of primary amides is 1. The summed E-state index contributed by atoms with van der Waals surface area (Å²) in [6.45, 7) is 4.81. The monoisotopic (exact) mass is 280 g/mol. The molecule has 0 radical (unpaired) electrons. The van der Waals surface area contributed by atoms with Gasteiger partial charge in [0.25, 0.3) is 0 Å². The second-order valence-electron chi connectivity index (χ2n) is 5.14. The maximum Gasteiger partial charge on any atom is 0.217 e. The minimum absolute atomic E-state index is 0.250. The number of amides is 1. The lowest BCUT2D eigenvalue weighted by atomic mass is 10.1. The zero-order chi connectivity index (χ0) is 15.0.